The fourth-order valence-corrected chi connectivity index (χ4v) is 3.48. The van der Waals surface area contributed by atoms with Crippen LogP contribution in [0.5, 0.6) is 5.75 Å². The molecular formula is C12H16O4S. The van der Waals surface area contributed by atoms with Gasteiger partial charge in [0.2, 0.25) is 0 Å². The maximum atomic E-state index is 11.3. The van der Waals surface area contributed by atoms with Gasteiger partial charge in [0.25, 0.3) is 0 Å². The third kappa shape index (κ3) is 3.20. The van der Waals surface area contributed by atoms with E-state index in [9.17, 15) is 13.5 Å². The predicted octanol–water partition coefficient (Wildman–Crippen LogP) is 1.31. The quantitative estimate of drug-likeness (QED) is 0.885. The molecule has 0 saturated carbocycles. The summed E-state index contributed by atoms with van der Waals surface area (Å²) >= 11 is 0. The first-order valence-corrected chi connectivity index (χ1v) is 7.43. The standard InChI is InChI=1S/C12H16O4S/c1-9(13)10-3-2-4-11(7-10)16-12-5-6-17(14,15)8-12/h2-4,7,9,12-13H,5-6,8H2,1H3/t9-,12?/m1/s1. The van der Waals surface area contributed by atoms with Gasteiger partial charge in [0, 0.05) is 0 Å². The molecule has 4 nitrogen and oxygen atoms in total. The summed E-state index contributed by atoms with van der Waals surface area (Å²) in [5.41, 5.74) is 0.767. The van der Waals surface area contributed by atoms with E-state index in [1.807, 2.05) is 6.07 Å². The smallest absolute Gasteiger partial charge is 0.154 e. The lowest BCUT2D eigenvalue weighted by Crippen LogP contribution is -2.17. The third-order valence-corrected chi connectivity index (χ3v) is 4.57. The summed E-state index contributed by atoms with van der Waals surface area (Å²) in [7, 11) is -2.92. The summed E-state index contributed by atoms with van der Waals surface area (Å²) in [6.07, 6.45) is -0.267. The van der Waals surface area contributed by atoms with Crippen molar-refractivity contribution < 1.29 is 18.3 Å². The van der Waals surface area contributed by atoms with Gasteiger partial charge in [-0.1, -0.05) is 12.1 Å². The lowest BCUT2D eigenvalue weighted by molar-refractivity contribution is 0.196. The van der Waals surface area contributed by atoms with Crippen molar-refractivity contribution in [2.75, 3.05) is 11.5 Å². The van der Waals surface area contributed by atoms with Crippen molar-refractivity contribution in [3.8, 4) is 5.75 Å². The summed E-state index contributed by atoms with van der Waals surface area (Å²) in [4.78, 5) is 0. The van der Waals surface area contributed by atoms with Crippen molar-refractivity contribution in [1.29, 1.82) is 0 Å². The average Bonchev–Trinajstić information content (AvgIpc) is 2.58. The Balaban J connectivity index is 2.07. The number of benzene rings is 1. The minimum absolute atomic E-state index is 0.0892. The molecule has 2 rings (SSSR count). The highest BCUT2D eigenvalue weighted by Crippen LogP contribution is 2.23. The summed E-state index contributed by atoms with van der Waals surface area (Å²) in [5.74, 6) is 0.908. The molecule has 0 amide bonds. The topological polar surface area (TPSA) is 63.6 Å². The minimum atomic E-state index is -2.92. The van der Waals surface area contributed by atoms with Gasteiger partial charge in [-0.2, -0.15) is 0 Å². The highest BCUT2D eigenvalue weighted by Gasteiger charge is 2.29. The number of hydrogen-bond donors (Lipinski definition) is 1. The van der Waals surface area contributed by atoms with Gasteiger partial charge < -0.3 is 9.84 Å². The average molecular weight is 256 g/mol. The zero-order chi connectivity index (χ0) is 12.5. The molecule has 1 aliphatic rings. The Morgan fingerprint density at radius 3 is 2.82 bits per heavy atom. The summed E-state index contributed by atoms with van der Waals surface area (Å²) in [6.45, 7) is 1.68. The SMILES string of the molecule is C[C@@H](O)c1cccc(OC2CCS(=O)(=O)C2)c1. The van der Waals surface area contributed by atoms with Gasteiger partial charge in [0.15, 0.2) is 9.84 Å². The van der Waals surface area contributed by atoms with Crippen LogP contribution in [0.2, 0.25) is 0 Å². The molecule has 1 N–H and O–H groups in total. The lowest BCUT2D eigenvalue weighted by Gasteiger charge is -2.13. The molecule has 0 aromatic heterocycles. The van der Waals surface area contributed by atoms with Crippen LogP contribution in [-0.2, 0) is 9.84 Å². The van der Waals surface area contributed by atoms with Crippen molar-refractivity contribution in [3.63, 3.8) is 0 Å². The van der Waals surface area contributed by atoms with E-state index >= 15 is 0 Å². The number of ether oxygens (including phenoxy) is 1. The number of hydrogen-bond acceptors (Lipinski definition) is 4. The summed E-state index contributed by atoms with van der Waals surface area (Å²) in [6, 6.07) is 7.12. The predicted molar refractivity (Wildman–Crippen MR) is 64.8 cm³/mol. The maximum absolute atomic E-state index is 11.3. The van der Waals surface area contributed by atoms with Crippen molar-refractivity contribution in [3.05, 3.63) is 29.8 Å². The van der Waals surface area contributed by atoms with E-state index < -0.39 is 15.9 Å². The second-order valence-electron chi connectivity index (χ2n) is 4.39. The molecule has 5 heteroatoms. The molecule has 94 valence electrons. The molecule has 0 radical (unpaired) electrons. The third-order valence-electron chi connectivity index (χ3n) is 2.83. The number of rotatable bonds is 3. The molecule has 1 saturated heterocycles. The zero-order valence-electron chi connectivity index (χ0n) is 9.67. The molecule has 0 spiro atoms. The number of aliphatic hydroxyl groups excluding tert-OH is 1. The van der Waals surface area contributed by atoms with Crippen molar-refractivity contribution in [1.82, 2.24) is 0 Å². The summed E-state index contributed by atoms with van der Waals surface area (Å²) in [5, 5.41) is 9.44. The zero-order valence-corrected chi connectivity index (χ0v) is 10.5. The highest BCUT2D eigenvalue weighted by molar-refractivity contribution is 7.91. The Morgan fingerprint density at radius 2 is 2.24 bits per heavy atom. The second-order valence-corrected chi connectivity index (χ2v) is 6.62. The molecule has 1 aromatic carbocycles. The molecule has 1 aliphatic heterocycles. The van der Waals surface area contributed by atoms with Crippen LogP contribution in [0.1, 0.15) is 25.0 Å². The highest BCUT2D eigenvalue weighted by atomic mass is 32.2. The first-order chi connectivity index (χ1) is 7.96. The Morgan fingerprint density at radius 1 is 1.47 bits per heavy atom. The molecular weight excluding hydrogens is 240 g/mol. The van der Waals surface area contributed by atoms with E-state index in [2.05, 4.69) is 0 Å². The monoisotopic (exact) mass is 256 g/mol. The maximum Gasteiger partial charge on any atom is 0.154 e. The van der Waals surface area contributed by atoms with Crippen LogP contribution in [-0.4, -0.2) is 31.1 Å². The molecule has 17 heavy (non-hydrogen) atoms. The largest absolute Gasteiger partial charge is 0.489 e. The van der Waals surface area contributed by atoms with Gasteiger partial charge in [0.1, 0.15) is 11.9 Å². The van der Waals surface area contributed by atoms with Crippen LogP contribution in [0.3, 0.4) is 0 Å². The van der Waals surface area contributed by atoms with E-state index in [1.54, 1.807) is 25.1 Å². The van der Waals surface area contributed by atoms with Gasteiger partial charge in [-0.05, 0) is 31.0 Å². The van der Waals surface area contributed by atoms with Crippen LogP contribution >= 0.6 is 0 Å². The normalized spacial score (nSPS) is 24.5. The molecule has 1 aromatic rings. The van der Waals surface area contributed by atoms with Crippen LogP contribution in [0, 0.1) is 0 Å². The molecule has 2 atom stereocenters. The van der Waals surface area contributed by atoms with Crippen LogP contribution < -0.4 is 4.74 Å². The summed E-state index contributed by atoms with van der Waals surface area (Å²) < 4.78 is 28.2. The fraction of sp³-hybridized carbons (Fsp3) is 0.500. The molecule has 0 aliphatic carbocycles. The fourth-order valence-electron chi connectivity index (χ4n) is 1.89. The van der Waals surface area contributed by atoms with Crippen molar-refractivity contribution in [2.45, 2.75) is 25.6 Å². The van der Waals surface area contributed by atoms with Gasteiger partial charge in [-0.25, -0.2) is 8.42 Å². The Bertz CT molecular complexity index is 493. The van der Waals surface area contributed by atoms with Gasteiger partial charge in [-0.3, -0.25) is 0 Å². The van der Waals surface area contributed by atoms with Gasteiger partial charge in [-0.15, -0.1) is 0 Å². The molecule has 0 bridgehead atoms. The van der Waals surface area contributed by atoms with Crippen LogP contribution in [0.15, 0.2) is 24.3 Å². The van der Waals surface area contributed by atoms with E-state index in [0.717, 1.165) is 5.56 Å². The van der Waals surface area contributed by atoms with Gasteiger partial charge in [0.05, 0.1) is 17.6 Å². The second kappa shape index (κ2) is 4.66. The van der Waals surface area contributed by atoms with E-state index in [1.165, 1.54) is 0 Å². The Hall–Kier alpha value is -1.07. The van der Waals surface area contributed by atoms with Crippen molar-refractivity contribution >= 4 is 9.84 Å². The Labute approximate surface area is 101 Å². The minimum Gasteiger partial charge on any atom is -0.489 e. The Kier molecular flexibility index (Phi) is 3.40. The van der Waals surface area contributed by atoms with Crippen LogP contribution in [0.25, 0.3) is 0 Å². The van der Waals surface area contributed by atoms with E-state index in [4.69, 9.17) is 4.74 Å². The van der Waals surface area contributed by atoms with Crippen molar-refractivity contribution in [2.24, 2.45) is 0 Å². The molecule has 1 fully saturated rings. The van der Waals surface area contributed by atoms with Gasteiger partial charge >= 0.3 is 0 Å². The van der Waals surface area contributed by atoms with Crippen LogP contribution in [0.4, 0.5) is 0 Å². The number of aliphatic hydroxyl groups is 1. The number of sulfone groups is 1. The lowest BCUT2D eigenvalue weighted by atomic mass is 10.1. The first kappa shape index (κ1) is 12.4. The molecule has 1 heterocycles. The van der Waals surface area contributed by atoms with E-state index in [-0.39, 0.29) is 17.6 Å². The first-order valence-electron chi connectivity index (χ1n) is 5.61. The van der Waals surface area contributed by atoms with E-state index in [0.29, 0.717) is 12.2 Å². The molecule has 1 unspecified atom stereocenters.